The molecule has 1 saturated heterocycles. The number of carbonyl (C=O) groups excluding carboxylic acids is 1. The number of aliphatic hydroxyl groups is 1. The van der Waals surface area contributed by atoms with Gasteiger partial charge in [-0.3, -0.25) is 4.79 Å². The molecule has 0 unspecified atom stereocenters. The summed E-state index contributed by atoms with van der Waals surface area (Å²) in [5, 5.41) is 26.9. The number of aryl methyl sites for hydroxylation is 1. The lowest BCUT2D eigenvalue weighted by atomic mass is 10.1. The van der Waals surface area contributed by atoms with Crippen molar-refractivity contribution in [1.29, 1.82) is 0 Å². The van der Waals surface area contributed by atoms with Crippen LogP contribution in [0.1, 0.15) is 24.0 Å². The lowest BCUT2D eigenvalue weighted by molar-refractivity contribution is -0.145. The first-order valence-electron chi connectivity index (χ1n) is 6.78. The van der Waals surface area contributed by atoms with Crippen molar-refractivity contribution in [3.8, 4) is 11.5 Å². The number of aromatic hydroxyl groups is 1. The molecule has 1 aromatic carbocycles. The number of methoxy groups -OCH3 is 1. The largest absolute Gasteiger partial charge is 0.507 e. The zero-order valence-corrected chi connectivity index (χ0v) is 12.9. The first-order chi connectivity index (χ1) is 10.3. The molecular weight excluding hydrogens is 290 g/mol. The molecule has 122 valence electrons. The third-order valence-corrected chi connectivity index (χ3v) is 3.60. The van der Waals surface area contributed by atoms with Crippen molar-refractivity contribution in [2.75, 3.05) is 14.2 Å². The van der Waals surface area contributed by atoms with E-state index in [0.29, 0.717) is 24.2 Å². The van der Waals surface area contributed by atoms with Gasteiger partial charge in [-0.15, -0.1) is 0 Å². The highest BCUT2D eigenvalue weighted by molar-refractivity contribution is 5.87. The molecule has 1 aromatic rings. The molecule has 1 heterocycles. The number of carbonyl (C=O) groups is 2. The van der Waals surface area contributed by atoms with Crippen LogP contribution in [0.15, 0.2) is 12.1 Å². The molecule has 1 aliphatic rings. The molecule has 0 saturated carbocycles. The normalized spacial score (nSPS) is 17.0. The maximum atomic E-state index is 10.8. The number of amides is 1. The number of hydrogen-bond acceptors (Lipinski definition) is 5. The summed E-state index contributed by atoms with van der Waals surface area (Å²) in [4.78, 5) is 22.4. The van der Waals surface area contributed by atoms with Crippen LogP contribution in [0.4, 0.5) is 0 Å². The van der Waals surface area contributed by atoms with Crippen LogP contribution >= 0.6 is 0 Å². The van der Waals surface area contributed by atoms with Gasteiger partial charge in [-0.25, -0.2) is 4.79 Å². The minimum absolute atomic E-state index is 0.0765. The Hall–Kier alpha value is -2.28. The lowest BCUT2D eigenvalue weighted by Crippen LogP contribution is -2.34. The Bertz CT molecular complexity index is 557. The van der Waals surface area contributed by atoms with E-state index in [9.17, 15) is 14.7 Å². The number of aliphatic hydroxyl groups excluding tert-OH is 1. The number of likely N-dealkylation sites (tertiary alicyclic amines) is 1. The molecule has 0 radical (unpaired) electrons. The Kier molecular flexibility index (Phi) is 6.18. The van der Waals surface area contributed by atoms with Gasteiger partial charge in [0, 0.05) is 13.5 Å². The Morgan fingerprint density at radius 2 is 2.09 bits per heavy atom. The summed E-state index contributed by atoms with van der Waals surface area (Å²) in [6.45, 7) is 1.56. The van der Waals surface area contributed by atoms with Gasteiger partial charge in [-0.2, -0.15) is 0 Å². The number of phenols is 1. The SMILES string of the molecule is CN1C(=O)CC[C@H]1C(=O)O.COc1ccc(C)c(O)c1CO. The highest BCUT2D eigenvalue weighted by atomic mass is 16.5. The molecule has 3 N–H and O–H groups in total. The second-order valence-electron chi connectivity index (χ2n) is 4.97. The van der Waals surface area contributed by atoms with Crippen molar-refractivity contribution in [2.45, 2.75) is 32.4 Å². The van der Waals surface area contributed by atoms with Gasteiger partial charge in [-0.05, 0) is 25.0 Å². The van der Waals surface area contributed by atoms with E-state index >= 15 is 0 Å². The van der Waals surface area contributed by atoms with Crippen molar-refractivity contribution in [1.82, 2.24) is 4.90 Å². The number of aliphatic carboxylic acids is 1. The standard InChI is InChI=1S/C9H12O3.C6H9NO3/c1-6-3-4-8(12-2)7(5-10)9(6)11;1-7-4(6(9)10)2-3-5(7)8/h3-4,10-11H,5H2,1-2H3;4H,2-3H2,1H3,(H,9,10)/t;4-/m.0/s1. The van der Waals surface area contributed by atoms with Crippen molar-refractivity contribution in [3.63, 3.8) is 0 Å². The van der Waals surface area contributed by atoms with Crippen molar-refractivity contribution in [3.05, 3.63) is 23.3 Å². The fourth-order valence-electron chi connectivity index (χ4n) is 2.17. The van der Waals surface area contributed by atoms with Crippen LogP contribution in [0.5, 0.6) is 11.5 Å². The Balaban J connectivity index is 0.000000224. The molecule has 0 aliphatic carbocycles. The fourth-order valence-corrected chi connectivity index (χ4v) is 2.17. The second-order valence-corrected chi connectivity index (χ2v) is 4.97. The summed E-state index contributed by atoms with van der Waals surface area (Å²) in [6.07, 6.45) is 0.818. The van der Waals surface area contributed by atoms with E-state index in [0.717, 1.165) is 5.56 Å². The number of nitrogens with zero attached hydrogens (tertiary/aromatic N) is 1. The Morgan fingerprint density at radius 3 is 2.45 bits per heavy atom. The molecule has 0 aromatic heterocycles. The summed E-state index contributed by atoms with van der Waals surface area (Å²) >= 11 is 0. The first kappa shape index (κ1) is 17.8. The van der Waals surface area contributed by atoms with E-state index in [-0.39, 0.29) is 18.3 Å². The smallest absolute Gasteiger partial charge is 0.326 e. The summed E-state index contributed by atoms with van der Waals surface area (Å²) < 4.78 is 4.95. The van der Waals surface area contributed by atoms with E-state index in [1.165, 1.54) is 19.1 Å². The highest BCUT2D eigenvalue weighted by Crippen LogP contribution is 2.30. The number of likely N-dealkylation sites (N-methyl/N-ethyl adjacent to an activating group) is 1. The molecule has 1 aliphatic heterocycles. The third kappa shape index (κ3) is 3.88. The lowest BCUT2D eigenvalue weighted by Gasteiger charge is -2.14. The van der Waals surface area contributed by atoms with Crippen LogP contribution in [0.2, 0.25) is 0 Å². The predicted molar refractivity (Wildman–Crippen MR) is 78.7 cm³/mol. The van der Waals surface area contributed by atoms with Gasteiger partial charge in [-0.1, -0.05) is 6.07 Å². The highest BCUT2D eigenvalue weighted by Gasteiger charge is 2.32. The molecule has 7 nitrogen and oxygen atoms in total. The van der Waals surface area contributed by atoms with Crippen molar-refractivity contribution < 1.29 is 29.6 Å². The zero-order valence-electron chi connectivity index (χ0n) is 12.9. The number of carboxylic acid groups (broad SMARTS) is 1. The topological polar surface area (TPSA) is 107 Å². The molecule has 1 fully saturated rings. The van der Waals surface area contributed by atoms with Gasteiger partial charge in [0.2, 0.25) is 5.91 Å². The van der Waals surface area contributed by atoms with Crippen LogP contribution < -0.4 is 4.74 Å². The quantitative estimate of drug-likeness (QED) is 0.765. The third-order valence-electron chi connectivity index (χ3n) is 3.60. The molecule has 0 spiro atoms. The van der Waals surface area contributed by atoms with E-state index in [4.69, 9.17) is 14.9 Å². The number of ether oxygens (including phenoxy) is 1. The maximum absolute atomic E-state index is 10.8. The number of hydrogen-bond donors (Lipinski definition) is 3. The van der Waals surface area contributed by atoms with Crippen molar-refractivity contribution >= 4 is 11.9 Å². The average molecular weight is 311 g/mol. The van der Waals surface area contributed by atoms with E-state index in [1.807, 2.05) is 0 Å². The number of carboxylic acids is 1. The molecule has 1 amide bonds. The van der Waals surface area contributed by atoms with Gasteiger partial charge in [0.25, 0.3) is 0 Å². The second kappa shape index (κ2) is 7.65. The van der Waals surface area contributed by atoms with Gasteiger partial charge >= 0.3 is 5.97 Å². The van der Waals surface area contributed by atoms with Crippen LogP contribution in [-0.4, -0.2) is 52.3 Å². The van der Waals surface area contributed by atoms with E-state index < -0.39 is 12.0 Å². The molecule has 7 heteroatoms. The minimum atomic E-state index is -0.909. The molecule has 1 atom stereocenters. The van der Waals surface area contributed by atoms with Crippen LogP contribution in [0, 0.1) is 6.92 Å². The van der Waals surface area contributed by atoms with Crippen LogP contribution in [-0.2, 0) is 16.2 Å². The summed E-state index contributed by atoms with van der Waals surface area (Å²) in [7, 11) is 3.03. The molecule has 2 rings (SSSR count). The van der Waals surface area contributed by atoms with Crippen molar-refractivity contribution in [2.24, 2.45) is 0 Å². The van der Waals surface area contributed by atoms with Gasteiger partial charge in [0.05, 0.1) is 19.3 Å². The summed E-state index contributed by atoms with van der Waals surface area (Å²) in [5.41, 5.74) is 1.18. The van der Waals surface area contributed by atoms with Crippen LogP contribution in [0.3, 0.4) is 0 Å². The summed E-state index contributed by atoms with van der Waals surface area (Å²) in [6, 6.07) is 2.88. The van der Waals surface area contributed by atoms with Gasteiger partial charge < -0.3 is 25.0 Å². The minimum Gasteiger partial charge on any atom is -0.507 e. The van der Waals surface area contributed by atoms with Gasteiger partial charge in [0.15, 0.2) is 0 Å². The van der Waals surface area contributed by atoms with E-state index in [2.05, 4.69) is 0 Å². The van der Waals surface area contributed by atoms with Crippen LogP contribution in [0.25, 0.3) is 0 Å². The average Bonchev–Trinajstić information content (AvgIpc) is 2.82. The number of benzene rings is 1. The fraction of sp³-hybridized carbons (Fsp3) is 0.467. The Morgan fingerprint density at radius 1 is 1.45 bits per heavy atom. The Labute approximate surface area is 128 Å². The monoisotopic (exact) mass is 311 g/mol. The summed E-state index contributed by atoms with van der Waals surface area (Å²) in [5.74, 6) is -0.363. The molecular formula is C15H21NO6. The molecule has 0 bridgehead atoms. The molecule has 22 heavy (non-hydrogen) atoms. The van der Waals surface area contributed by atoms with E-state index in [1.54, 1.807) is 19.1 Å². The van der Waals surface area contributed by atoms with Gasteiger partial charge in [0.1, 0.15) is 17.5 Å². The first-order valence-corrected chi connectivity index (χ1v) is 6.78. The maximum Gasteiger partial charge on any atom is 0.326 e. The predicted octanol–water partition coefficient (Wildman–Crippen LogP) is 0.893. The zero-order chi connectivity index (χ0) is 16.9. The number of rotatable bonds is 3.